The molecule has 1 amide bonds. The fraction of sp³-hybridized carbons (Fsp3) is 0.182. The first-order chi connectivity index (χ1) is 14.7. The van der Waals surface area contributed by atoms with Crippen LogP contribution in [0, 0.1) is 0 Å². The summed E-state index contributed by atoms with van der Waals surface area (Å²) in [5.74, 6) is 1.48. The number of benzene rings is 1. The van der Waals surface area contributed by atoms with E-state index in [0.29, 0.717) is 37.0 Å². The minimum atomic E-state index is 0.00702. The molecule has 1 N–H and O–H groups in total. The number of carbonyl (C=O) groups excluding carboxylic acids is 1. The fourth-order valence-corrected chi connectivity index (χ4v) is 3.27. The van der Waals surface area contributed by atoms with E-state index in [-0.39, 0.29) is 5.91 Å². The molecule has 2 aromatic heterocycles. The Morgan fingerprint density at radius 2 is 1.67 bits per heavy atom. The van der Waals surface area contributed by atoms with Crippen molar-refractivity contribution in [2.45, 2.75) is 0 Å². The number of amides is 1. The first kappa shape index (κ1) is 19.8. The number of nitrogens with zero attached hydrogens (tertiary/aromatic N) is 5. The minimum Gasteiger partial charge on any atom is -0.352 e. The predicted molar refractivity (Wildman–Crippen MR) is 119 cm³/mol. The predicted octanol–water partition coefficient (Wildman–Crippen LogP) is 3.63. The van der Waals surface area contributed by atoms with Gasteiger partial charge in [0.1, 0.15) is 0 Å². The molecule has 3 heterocycles. The molecular weight excluding hydrogens is 400 g/mol. The number of nitrogens with one attached hydrogen (secondary N) is 1. The number of anilines is 3. The lowest BCUT2D eigenvalue weighted by molar-refractivity contribution is -0.126. The minimum absolute atomic E-state index is 0.00702. The lowest BCUT2D eigenvalue weighted by atomic mass is 10.2. The number of rotatable bonds is 5. The topological polar surface area (TPSA) is 74.2 Å². The Morgan fingerprint density at radius 1 is 0.933 bits per heavy atom. The van der Waals surface area contributed by atoms with Crippen molar-refractivity contribution in [2.24, 2.45) is 0 Å². The summed E-state index contributed by atoms with van der Waals surface area (Å²) >= 11 is 5.89. The van der Waals surface area contributed by atoms with Gasteiger partial charge in [-0.2, -0.15) is 0 Å². The average molecular weight is 421 g/mol. The summed E-state index contributed by atoms with van der Waals surface area (Å²) in [5, 5.41) is 12.4. The summed E-state index contributed by atoms with van der Waals surface area (Å²) < 4.78 is 0. The van der Waals surface area contributed by atoms with E-state index in [1.165, 1.54) is 0 Å². The molecule has 0 spiro atoms. The van der Waals surface area contributed by atoms with Gasteiger partial charge in [0.05, 0.1) is 0 Å². The molecule has 0 unspecified atom stereocenters. The maximum absolute atomic E-state index is 12.5. The first-order valence-corrected chi connectivity index (χ1v) is 10.0. The molecule has 1 fully saturated rings. The van der Waals surface area contributed by atoms with Gasteiger partial charge in [-0.05, 0) is 48.0 Å². The third kappa shape index (κ3) is 5.12. The van der Waals surface area contributed by atoms with Gasteiger partial charge in [-0.3, -0.25) is 9.78 Å². The third-order valence-electron chi connectivity index (χ3n) is 4.81. The molecule has 1 aliphatic rings. The molecule has 3 aromatic rings. The van der Waals surface area contributed by atoms with E-state index in [1.54, 1.807) is 18.5 Å². The van der Waals surface area contributed by atoms with Crippen molar-refractivity contribution in [1.82, 2.24) is 20.1 Å². The van der Waals surface area contributed by atoms with Crippen molar-refractivity contribution in [3.63, 3.8) is 0 Å². The van der Waals surface area contributed by atoms with Crippen molar-refractivity contribution in [3.8, 4) is 0 Å². The van der Waals surface area contributed by atoms with Crippen LogP contribution in [0.2, 0.25) is 5.02 Å². The highest BCUT2D eigenvalue weighted by molar-refractivity contribution is 6.30. The van der Waals surface area contributed by atoms with Gasteiger partial charge in [-0.15, -0.1) is 10.2 Å². The van der Waals surface area contributed by atoms with Crippen LogP contribution in [0.4, 0.5) is 17.3 Å². The number of hydrogen-bond acceptors (Lipinski definition) is 6. The molecule has 152 valence electrons. The second-order valence-electron chi connectivity index (χ2n) is 6.83. The number of hydrogen-bond donors (Lipinski definition) is 1. The van der Waals surface area contributed by atoms with Gasteiger partial charge in [0.15, 0.2) is 11.6 Å². The summed E-state index contributed by atoms with van der Waals surface area (Å²) in [6.45, 7) is 2.71. The normalized spacial score (nSPS) is 14.2. The molecule has 0 radical (unpaired) electrons. The van der Waals surface area contributed by atoms with Crippen LogP contribution in [0.3, 0.4) is 0 Å². The Bertz CT molecular complexity index is 1000. The van der Waals surface area contributed by atoms with E-state index in [9.17, 15) is 4.79 Å². The lowest BCUT2D eigenvalue weighted by Gasteiger charge is -2.34. The van der Waals surface area contributed by atoms with Crippen molar-refractivity contribution < 1.29 is 4.79 Å². The van der Waals surface area contributed by atoms with E-state index in [0.717, 1.165) is 17.1 Å². The summed E-state index contributed by atoms with van der Waals surface area (Å²) in [7, 11) is 0. The molecule has 7 nitrogen and oxygen atoms in total. The van der Waals surface area contributed by atoms with Gasteiger partial charge >= 0.3 is 0 Å². The summed E-state index contributed by atoms with van der Waals surface area (Å²) in [4.78, 5) is 20.4. The molecule has 4 rings (SSSR count). The number of pyridine rings is 1. The molecule has 8 heteroatoms. The molecule has 0 atom stereocenters. The highest BCUT2D eigenvalue weighted by Gasteiger charge is 2.20. The first-order valence-electron chi connectivity index (χ1n) is 9.66. The van der Waals surface area contributed by atoms with Crippen molar-refractivity contribution >= 4 is 40.9 Å². The van der Waals surface area contributed by atoms with Crippen LogP contribution >= 0.6 is 11.6 Å². The Balaban J connectivity index is 1.29. The second kappa shape index (κ2) is 9.37. The van der Waals surface area contributed by atoms with Gasteiger partial charge in [0.2, 0.25) is 5.91 Å². The largest absolute Gasteiger partial charge is 0.352 e. The Kier molecular flexibility index (Phi) is 6.20. The van der Waals surface area contributed by atoms with Crippen molar-refractivity contribution in [3.05, 3.63) is 77.6 Å². The van der Waals surface area contributed by atoms with E-state index >= 15 is 0 Å². The van der Waals surface area contributed by atoms with E-state index in [4.69, 9.17) is 11.6 Å². The summed E-state index contributed by atoms with van der Waals surface area (Å²) in [6.07, 6.45) is 6.86. The fourth-order valence-electron chi connectivity index (χ4n) is 3.15. The maximum atomic E-state index is 12.5. The summed E-state index contributed by atoms with van der Waals surface area (Å²) in [5.41, 5.74) is 1.85. The molecule has 1 aliphatic heterocycles. The Hall–Kier alpha value is -3.45. The van der Waals surface area contributed by atoms with Crippen LogP contribution in [0.5, 0.6) is 0 Å². The highest BCUT2D eigenvalue weighted by Crippen LogP contribution is 2.17. The van der Waals surface area contributed by atoms with Gasteiger partial charge in [-0.1, -0.05) is 23.7 Å². The van der Waals surface area contributed by atoms with E-state index in [1.807, 2.05) is 59.5 Å². The second-order valence-corrected chi connectivity index (χ2v) is 7.27. The Morgan fingerprint density at radius 3 is 2.33 bits per heavy atom. The van der Waals surface area contributed by atoms with E-state index < -0.39 is 0 Å². The molecule has 1 saturated heterocycles. The molecule has 30 heavy (non-hydrogen) atoms. The van der Waals surface area contributed by atoms with Crippen molar-refractivity contribution in [2.75, 3.05) is 36.4 Å². The number of carbonyl (C=O) groups is 1. The van der Waals surface area contributed by atoms with Gasteiger partial charge in [0.25, 0.3) is 0 Å². The van der Waals surface area contributed by atoms with Crippen LogP contribution in [0.15, 0.2) is 67.0 Å². The quantitative estimate of drug-likeness (QED) is 0.635. The third-order valence-corrected chi connectivity index (χ3v) is 5.06. The van der Waals surface area contributed by atoms with Crippen LogP contribution in [-0.2, 0) is 4.79 Å². The zero-order valence-corrected chi connectivity index (χ0v) is 17.0. The number of piperazine rings is 1. The van der Waals surface area contributed by atoms with E-state index in [2.05, 4.69) is 25.4 Å². The van der Waals surface area contributed by atoms with Gasteiger partial charge in [0, 0.05) is 55.4 Å². The average Bonchev–Trinajstić information content (AvgIpc) is 2.80. The molecular formula is C22H21ClN6O. The highest BCUT2D eigenvalue weighted by atomic mass is 35.5. The zero-order chi connectivity index (χ0) is 20.8. The maximum Gasteiger partial charge on any atom is 0.246 e. The smallest absolute Gasteiger partial charge is 0.246 e. The van der Waals surface area contributed by atoms with Gasteiger partial charge < -0.3 is 15.1 Å². The molecule has 1 aromatic carbocycles. The zero-order valence-electron chi connectivity index (χ0n) is 16.3. The lowest BCUT2D eigenvalue weighted by Crippen LogP contribution is -2.48. The summed E-state index contributed by atoms with van der Waals surface area (Å²) in [6, 6.07) is 15.0. The van der Waals surface area contributed by atoms with Crippen molar-refractivity contribution in [1.29, 1.82) is 0 Å². The molecule has 0 aliphatic carbocycles. The SMILES string of the molecule is O=C(/C=C/c1ccc(Cl)cc1)N1CCN(c2ccc(Nc3ccncc3)nn2)CC1. The standard InChI is InChI=1S/C22H21ClN6O/c23-18-4-1-17(2-5-18)3-8-22(30)29-15-13-28(14-16-29)21-7-6-20(26-27-21)25-19-9-11-24-12-10-19/h1-12H,13-16H2,(H,24,25,26)/b8-3+. The van der Waals surface area contributed by atoms with Crippen LogP contribution in [0.1, 0.15) is 5.56 Å². The number of halogens is 1. The van der Waals surface area contributed by atoms with Gasteiger partial charge in [-0.25, -0.2) is 0 Å². The van der Waals surface area contributed by atoms with Crippen LogP contribution in [-0.4, -0.2) is 52.2 Å². The molecule has 0 saturated carbocycles. The Labute approximate surface area is 180 Å². The number of aromatic nitrogens is 3. The molecule has 0 bridgehead atoms. The van der Waals surface area contributed by atoms with Crippen LogP contribution in [0.25, 0.3) is 6.08 Å². The monoisotopic (exact) mass is 420 g/mol. The van der Waals surface area contributed by atoms with Crippen LogP contribution < -0.4 is 10.2 Å².